The van der Waals surface area contributed by atoms with Gasteiger partial charge in [0.1, 0.15) is 5.75 Å². The minimum Gasteiger partial charge on any atom is -0.484 e. The summed E-state index contributed by atoms with van der Waals surface area (Å²) >= 11 is 0. The number of nitrogens with one attached hydrogen (secondary N) is 1. The van der Waals surface area contributed by atoms with E-state index >= 15 is 0 Å². The maximum atomic E-state index is 12.3. The van der Waals surface area contributed by atoms with Gasteiger partial charge in [0.25, 0.3) is 5.91 Å². The van der Waals surface area contributed by atoms with Crippen molar-refractivity contribution in [2.45, 2.75) is 26.2 Å². The van der Waals surface area contributed by atoms with Gasteiger partial charge in [-0.25, -0.2) is 0 Å². The lowest BCUT2D eigenvalue weighted by Crippen LogP contribution is -2.44. The van der Waals surface area contributed by atoms with Crippen molar-refractivity contribution in [3.63, 3.8) is 0 Å². The molecule has 1 aromatic rings. The molecule has 1 N–H and O–H groups in total. The lowest BCUT2D eigenvalue weighted by atomic mass is 9.96. The van der Waals surface area contributed by atoms with E-state index in [-0.39, 0.29) is 24.3 Å². The van der Waals surface area contributed by atoms with Gasteiger partial charge in [-0.2, -0.15) is 0 Å². The molecule has 2 amide bonds. The molecule has 0 unspecified atom stereocenters. The van der Waals surface area contributed by atoms with Gasteiger partial charge >= 0.3 is 0 Å². The molecular formula is C20H31N3O3. The Morgan fingerprint density at radius 2 is 1.85 bits per heavy atom. The quantitative estimate of drug-likeness (QED) is 0.716. The molecule has 144 valence electrons. The summed E-state index contributed by atoms with van der Waals surface area (Å²) in [5.74, 6) is 0.814. The van der Waals surface area contributed by atoms with E-state index in [2.05, 4.69) is 10.2 Å². The first-order valence-electron chi connectivity index (χ1n) is 9.35. The molecule has 1 aliphatic heterocycles. The Bertz CT molecular complexity index is 578. The Morgan fingerprint density at radius 1 is 1.19 bits per heavy atom. The number of benzene rings is 1. The third-order valence-electron chi connectivity index (χ3n) is 4.68. The summed E-state index contributed by atoms with van der Waals surface area (Å²) in [4.78, 5) is 28.4. The average molecular weight is 361 g/mol. The highest BCUT2D eigenvalue weighted by molar-refractivity contribution is 5.80. The first-order valence-corrected chi connectivity index (χ1v) is 9.35. The number of rotatable bonds is 8. The standard InChI is InChI=1S/C20H31N3O3/c1-16-5-7-18(8-6-16)26-15-19(24)23-13-9-17(10-14-23)20(25)21-11-4-12-22(2)3/h5-8,17H,4,9-15H2,1-3H3,(H,21,25). The monoisotopic (exact) mass is 361 g/mol. The minimum atomic E-state index is -0.0181. The first-order chi connectivity index (χ1) is 12.5. The average Bonchev–Trinajstić information content (AvgIpc) is 2.64. The SMILES string of the molecule is Cc1ccc(OCC(=O)N2CCC(C(=O)NCCCN(C)C)CC2)cc1. The van der Waals surface area contributed by atoms with Crippen molar-refractivity contribution < 1.29 is 14.3 Å². The predicted octanol–water partition coefficient (Wildman–Crippen LogP) is 1.68. The summed E-state index contributed by atoms with van der Waals surface area (Å²) in [7, 11) is 4.05. The molecule has 6 nitrogen and oxygen atoms in total. The summed E-state index contributed by atoms with van der Waals surface area (Å²) in [6, 6.07) is 7.66. The summed E-state index contributed by atoms with van der Waals surface area (Å²) < 4.78 is 5.56. The zero-order valence-electron chi connectivity index (χ0n) is 16.2. The van der Waals surface area contributed by atoms with Crippen LogP contribution in [0, 0.1) is 12.8 Å². The Labute approximate surface area is 156 Å². The third-order valence-corrected chi connectivity index (χ3v) is 4.68. The Balaban J connectivity index is 1.66. The van der Waals surface area contributed by atoms with Crippen molar-refractivity contribution in [2.24, 2.45) is 5.92 Å². The molecule has 0 aliphatic carbocycles. The second-order valence-electron chi connectivity index (χ2n) is 7.20. The van der Waals surface area contributed by atoms with Crippen LogP contribution in [0.3, 0.4) is 0 Å². The number of carbonyl (C=O) groups excluding carboxylic acids is 2. The van der Waals surface area contributed by atoms with Crippen LogP contribution in [0.1, 0.15) is 24.8 Å². The van der Waals surface area contributed by atoms with Crippen molar-refractivity contribution in [1.82, 2.24) is 15.1 Å². The van der Waals surface area contributed by atoms with Crippen molar-refractivity contribution in [2.75, 3.05) is 46.9 Å². The molecule has 1 saturated heterocycles. The highest BCUT2D eigenvalue weighted by Crippen LogP contribution is 2.18. The number of carbonyl (C=O) groups is 2. The number of piperidine rings is 1. The number of hydrogen-bond donors (Lipinski definition) is 1. The molecule has 0 bridgehead atoms. The van der Waals surface area contributed by atoms with Crippen LogP contribution in [0.2, 0.25) is 0 Å². The number of nitrogens with zero attached hydrogens (tertiary/aromatic N) is 2. The zero-order valence-corrected chi connectivity index (χ0v) is 16.2. The van der Waals surface area contributed by atoms with E-state index in [0.717, 1.165) is 31.4 Å². The second-order valence-corrected chi connectivity index (χ2v) is 7.20. The van der Waals surface area contributed by atoms with Crippen LogP contribution in [-0.2, 0) is 9.59 Å². The van der Waals surface area contributed by atoms with Gasteiger partial charge in [0.05, 0.1) is 0 Å². The van der Waals surface area contributed by atoms with Crippen molar-refractivity contribution in [3.8, 4) is 5.75 Å². The van der Waals surface area contributed by atoms with Crippen LogP contribution in [0.25, 0.3) is 0 Å². The Hall–Kier alpha value is -2.08. The number of ether oxygens (including phenoxy) is 1. The van der Waals surface area contributed by atoms with Crippen LogP contribution in [0.15, 0.2) is 24.3 Å². The van der Waals surface area contributed by atoms with E-state index in [1.807, 2.05) is 45.3 Å². The summed E-state index contributed by atoms with van der Waals surface area (Å²) in [6.45, 7) is 4.97. The maximum Gasteiger partial charge on any atom is 0.260 e. The zero-order chi connectivity index (χ0) is 18.9. The molecule has 0 spiro atoms. The van der Waals surface area contributed by atoms with Gasteiger partial charge in [0, 0.05) is 25.6 Å². The first kappa shape index (κ1) is 20.2. The fraction of sp³-hybridized carbons (Fsp3) is 0.600. The number of likely N-dealkylation sites (tertiary alicyclic amines) is 1. The van der Waals surface area contributed by atoms with E-state index in [1.54, 1.807) is 4.90 Å². The molecule has 0 radical (unpaired) electrons. The van der Waals surface area contributed by atoms with Crippen LogP contribution in [0.5, 0.6) is 5.75 Å². The smallest absolute Gasteiger partial charge is 0.260 e. The molecule has 6 heteroatoms. The largest absolute Gasteiger partial charge is 0.484 e. The summed E-state index contributed by atoms with van der Waals surface area (Å²) in [6.07, 6.45) is 2.39. The molecule has 26 heavy (non-hydrogen) atoms. The third kappa shape index (κ3) is 6.67. The van der Waals surface area contributed by atoms with Crippen molar-refractivity contribution >= 4 is 11.8 Å². The minimum absolute atomic E-state index is 0.0106. The molecule has 0 atom stereocenters. The molecule has 1 heterocycles. The molecule has 1 aliphatic rings. The summed E-state index contributed by atoms with van der Waals surface area (Å²) in [5.41, 5.74) is 1.16. The molecular weight excluding hydrogens is 330 g/mol. The Kier molecular flexibility index (Phi) is 7.91. The van der Waals surface area contributed by atoms with E-state index < -0.39 is 0 Å². The normalized spacial score (nSPS) is 15.2. The van der Waals surface area contributed by atoms with E-state index in [1.165, 1.54) is 0 Å². The van der Waals surface area contributed by atoms with Gasteiger partial charge in [-0.3, -0.25) is 9.59 Å². The van der Waals surface area contributed by atoms with Crippen molar-refractivity contribution in [3.05, 3.63) is 29.8 Å². The van der Waals surface area contributed by atoms with E-state index in [4.69, 9.17) is 4.74 Å². The van der Waals surface area contributed by atoms with E-state index in [0.29, 0.717) is 25.4 Å². The van der Waals surface area contributed by atoms with Crippen LogP contribution >= 0.6 is 0 Å². The highest BCUT2D eigenvalue weighted by atomic mass is 16.5. The number of hydrogen-bond acceptors (Lipinski definition) is 4. The van der Waals surface area contributed by atoms with Crippen LogP contribution < -0.4 is 10.1 Å². The fourth-order valence-corrected chi connectivity index (χ4v) is 3.01. The fourth-order valence-electron chi connectivity index (χ4n) is 3.01. The number of aryl methyl sites for hydroxylation is 1. The van der Waals surface area contributed by atoms with E-state index in [9.17, 15) is 9.59 Å². The van der Waals surface area contributed by atoms with Gasteiger partial charge in [-0.1, -0.05) is 17.7 Å². The van der Waals surface area contributed by atoms with Crippen LogP contribution in [0.4, 0.5) is 0 Å². The van der Waals surface area contributed by atoms with Gasteiger partial charge < -0.3 is 19.9 Å². The molecule has 1 fully saturated rings. The highest BCUT2D eigenvalue weighted by Gasteiger charge is 2.27. The Morgan fingerprint density at radius 3 is 2.46 bits per heavy atom. The molecule has 2 rings (SSSR count). The summed E-state index contributed by atoms with van der Waals surface area (Å²) in [5, 5.41) is 3.01. The maximum absolute atomic E-state index is 12.3. The van der Waals surface area contributed by atoms with Crippen molar-refractivity contribution in [1.29, 1.82) is 0 Å². The van der Waals surface area contributed by atoms with Gasteiger partial charge in [0.15, 0.2) is 6.61 Å². The van der Waals surface area contributed by atoms with Gasteiger partial charge in [0.2, 0.25) is 5.91 Å². The lowest BCUT2D eigenvalue weighted by molar-refractivity contribution is -0.137. The van der Waals surface area contributed by atoms with Gasteiger partial charge in [-0.05, 0) is 59.0 Å². The van der Waals surface area contributed by atoms with Crippen LogP contribution in [-0.4, -0.2) is 68.5 Å². The lowest BCUT2D eigenvalue weighted by Gasteiger charge is -2.31. The molecule has 1 aromatic carbocycles. The topological polar surface area (TPSA) is 61.9 Å². The second kappa shape index (κ2) is 10.2. The molecule has 0 saturated carbocycles. The number of amides is 2. The molecule has 0 aromatic heterocycles. The van der Waals surface area contributed by atoms with Gasteiger partial charge in [-0.15, -0.1) is 0 Å². The predicted molar refractivity (Wildman–Crippen MR) is 102 cm³/mol.